The summed E-state index contributed by atoms with van der Waals surface area (Å²) in [5.41, 5.74) is 0.0413. The zero-order valence-corrected chi connectivity index (χ0v) is 12.5. The van der Waals surface area contributed by atoms with Crippen LogP contribution in [-0.2, 0) is 6.54 Å². The van der Waals surface area contributed by atoms with Crippen LogP contribution in [0.15, 0.2) is 45.6 Å². The molecule has 24 heavy (non-hydrogen) atoms. The SMILES string of the molecule is COc1ccc2c(CNc3ccc(F)c(F)c3F)cc(=O)oc2c1. The number of nitrogens with one attached hydrogen (secondary N) is 1. The molecule has 0 atom stereocenters. The van der Waals surface area contributed by atoms with Crippen LogP contribution in [0.1, 0.15) is 5.56 Å². The molecule has 1 heterocycles. The zero-order valence-electron chi connectivity index (χ0n) is 12.5. The van der Waals surface area contributed by atoms with Crippen LogP contribution in [0.2, 0.25) is 0 Å². The molecule has 0 saturated carbocycles. The van der Waals surface area contributed by atoms with Crippen molar-refractivity contribution in [2.45, 2.75) is 6.54 Å². The van der Waals surface area contributed by atoms with Crippen LogP contribution in [0.4, 0.5) is 18.9 Å². The van der Waals surface area contributed by atoms with Gasteiger partial charge in [0.1, 0.15) is 11.3 Å². The predicted molar refractivity (Wildman–Crippen MR) is 82.7 cm³/mol. The van der Waals surface area contributed by atoms with Crippen LogP contribution in [0.25, 0.3) is 11.0 Å². The Hall–Kier alpha value is -2.96. The van der Waals surface area contributed by atoms with E-state index in [9.17, 15) is 18.0 Å². The van der Waals surface area contributed by atoms with E-state index in [1.165, 1.54) is 13.2 Å². The molecule has 3 rings (SSSR count). The Morgan fingerprint density at radius 2 is 1.88 bits per heavy atom. The van der Waals surface area contributed by atoms with Gasteiger partial charge in [-0.2, -0.15) is 0 Å². The Balaban J connectivity index is 1.96. The van der Waals surface area contributed by atoms with Crippen molar-refractivity contribution in [1.29, 1.82) is 0 Å². The lowest BCUT2D eigenvalue weighted by Crippen LogP contribution is -2.07. The predicted octanol–water partition coefficient (Wildman–Crippen LogP) is 3.83. The molecule has 124 valence electrons. The van der Waals surface area contributed by atoms with Gasteiger partial charge < -0.3 is 14.5 Å². The van der Waals surface area contributed by atoms with E-state index < -0.39 is 23.1 Å². The van der Waals surface area contributed by atoms with Gasteiger partial charge in [-0.05, 0) is 29.8 Å². The summed E-state index contributed by atoms with van der Waals surface area (Å²) in [6.45, 7) is 0.0242. The highest BCUT2D eigenvalue weighted by molar-refractivity contribution is 5.81. The van der Waals surface area contributed by atoms with Gasteiger partial charge in [0.05, 0.1) is 12.8 Å². The first kappa shape index (κ1) is 15.9. The maximum Gasteiger partial charge on any atom is 0.336 e. The number of methoxy groups -OCH3 is 1. The van der Waals surface area contributed by atoms with E-state index in [0.29, 0.717) is 22.3 Å². The summed E-state index contributed by atoms with van der Waals surface area (Å²) >= 11 is 0. The Bertz CT molecular complexity index is 969. The van der Waals surface area contributed by atoms with Gasteiger partial charge in [0, 0.05) is 24.1 Å². The smallest absolute Gasteiger partial charge is 0.336 e. The minimum Gasteiger partial charge on any atom is -0.497 e. The van der Waals surface area contributed by atoms with E-state index in [2.05, 4.69) is 5.32 Å². The van der Waals surface area contributed by atoms with E-state index in [1.807, 2.05) is 0 Å². The van der Waals surface area contributed by atoms with Crippen molar-refractivity contribution in [2.24, 2.45) is 0 Å². The molecule has 0 fully saturated rings. The zero-order chi connectivity index (χ0) is 17.3. The van der Waals surface area contributed by atoms with Crippen LogP contribution < -0.4 is 15.7 Å². The van der Waals surface area contributed by atoms with Crippen LogP contribution in [0, 0.1) is 17.5 Å². The topological polar surface area (TPSA) is 51.5 Å². The fourth-order valence-corrected chi connectivity index (χ4v) is 2.34. The first-order valence-electron chi connectivity index (χ1n) is 6.97. The number of rotatable bonds is 4. The third kappa shape index (κ3) is 2.92. The van der Waals surface area contributed by atoms with Gasteiger partial charge in [-0.25, -0.2) is 18.0 Å². The van der Waals surface area contributed by atoms with Crippen molar-refractivity contribution in [3.63, 3.8) is 0 Å². The van der Waals surface area contributed by atoms with Gasteiger partial charge in [-0.1, -0.05) is 0 Å². The van der Waals surface area contributed by atoms with Gasteiger partial charge in [-0.15, -0.1) is 0 Å². The van der Waals surface area contributed by atoms with E-state index in [1.54, 1.807) is 18.2 Å². The molecule has 0 spiro atoms. The molecule has 0 aliphatic carbocycles. The third-order valence-electron chi connectivity index (χ3n) is 3.54. The Kier molecular flexibility index (Phi) is 4.16. The van der Waals surface area contributed by atoms with Crippen molar-refractivity contribution in [2.75, 3.05) is 12.4 Å². The number of halogens is 3. The standard InChI is InChI=1S/C17H12F3NO3/c1-23-10-2-3-11-9(6-15(22)24-14(11)7-10)8-21-13-5-4-12(18)16(19)17(13)20/h2-7,21H,8H2,1H3. The molecule has 3 aromatic rings. The Morgan fingerprint density at radius 1 is 1.08 bits per heavy atom. The monoisotopic (exact) mass is 335 g/mol. The molecule has 4 nitrogen and oxygen atoms in total. The summed E-state index contributed by atoms with van der Waals surface area (Å²) in [5, 5.41) is 3.27. The maximum atomic E-state index is 13.7. The van der Waals surface area contributed by atoms with Crippen molar-refractivity contribution >= 4 is 16.7 Å². The summed E-state index contributed by atoms with van der Waals surface area (Å²) in [7, 11) is 1.48. The molecule has 0 radical (unpaired) electrons. The summed E-state index contributed by atoms with van der Waals surface area (Å²) < 4.78 is 50.1. The summed E-state index contributed by atoms with van der Waals surface area (Å²) in [6.07, 6.45) is 0. The fraction of sp³-hybridized carbons (Fsp3) is 0.118. The lowest BCUT2D eigenvalue weighted by atomic mass is 10.1. The highest BCUT2D eigenvalue weighted by Gasteiger charge is 2.14. The number of benzene rings is 2. The average molecular weight is 335 g/mol. The summed E-state index contributed by atoms with van der Waals surface area (Å²) in [5.74, 6) is -3.62. The highest BCUT2D eigenvalue weighted by atomic mass is 19.2. The van der Waals surface area contributed by atoms with Crippen molar-refractivity contribution in [3.05, 3.63) is 69.8 Å². The molecule has 0 saturated heterocycles. The van der Waals surface area contributed by atoms with Crippen LogP contribution in [-0.4, -0.2) is 7.11 Å². The molecular weight excluding hydrogens is 323 g/mol. The number of ether oxygens (including phenoxy) is 1. The number of hydrogen-bond acceptors (Lipinski definition) is 4. The van der Waals surface area contributed by atoms with Crippen LogP contribution in [0.5, 0.6) is 5.75 Å². The number of hydrogen-bond donors (Lipinski definition) is 1. The minimum absolute atomic E-state index is 0.0242. The van der Waals surface area contributed by atoms with Gasteiger partial charge >= 0.3 is 5.63 Å². The first-order chi connectivity index (χ1) is 11.5. The summed E-state index contributed by atoms with van der Waals surface area (Å²) in [4.78, 5) is 11.7. The second-order valence-corrected chi connectivity index (χ2v) is 5.03. The minimum atomic E-state index is -1.55. The second-order valence-electron chi connectivity index (χ2n) is 5.03. The van der Waals surface area contributed by atoms with E-state index in [0.717, 1.165) is 12.1 Å². The van der Waals surface area contributed by atoms with Crippen molar-refractivity contribution in [3.8, 4) is 5.75 Å². The molecule has 2 aromatic carbocycles. The molecule has 0 aliphatic heterocycles. The van der Waals surface area contributed by atoms with Gasteiger partial charge in [0.15, 0.2) is 17.5 Å². The lowest BCUT2D eigenvalue weighted by molar-refractivity contribution is 0.414. The molecule has 7 heteroatoms. The van der Waals surface area contributed by atoms with E-state index in [-0.39, 0.29) is 12.2 Å². The molecule has 1 aromatic heterocycles. The molecule has 0 aliphatic rings. The largest absolute Gasteiger partial charge is 0.497 e. The van der Waals surface area contributed by atoms with Crippen LogP contribution >= 0.6 is 0 Å². The average Bonchev–Trinajstić information content (AvgIpc) is 2.58. The van der Waals surface area contributed by atoms with Gasteiger partial charge in [0.25, 0.3) is 0 Å². The Labute approximate surface area is 134 Å². The van der Waals surface area contributed by atoms with Gasteiger partial charge in [0.2, 0.25) is 0 Å². The number of fused-ring (bicyclic) bond motifs is 1. The fourth-order valence-electron chi connectivity index (χ4n) is 2.34. The van der Waals surface area contributed by atoms with Crippen LogP contribution in [0.3, 0.4) is 0 Å². The van der Waals surface area contributed by atoms with Crippen molar-refractivity contribution < 1.29 is 22.3 Å². The van der Waals surface area contributed by atoms with E-state index >= 15 is 0 Å². The van der Waals surface area contributed by atoms with E-state index in [4.69, 9.17) is 9.15 Å². The molecule has 0 amide bonds. The highest BCUT2D eigenvalue weighted by Crippen LogP contribution is 2.24. The molecule has 0 unspecified atom stereocenters. The molecule has 1 N–H and O–H groups in total. The van der Waals surface area contributed by atoms with Gasteiger partial charge in [-0.3, -0.25) is 0 Å². The molecule has 0 bridgehead atoms. The third-order valence-corrected chi connectivity index (χ3v) is 3.54. The first-order valence-corrected chi connectivity index (χ1v) is 6.97. The normalized spacial score (nSPS) is 10.8. The quantitative estimate of drug-likeness (QED) is 0.581. The number of anilines is 1. The Morgan fingerprint density at radius 3 is 2.62 bits per heavy atom. The van der Waals surface area contributed by atoms with Crippen molar-refractivity contribution in [1.82, 2.24) is 0 Å². The summed E-state index contributed by atoms with van der Waals surface area (Å²) in [6, 6.07) is 8.09. The second kappa shape index (κ2) is 6.27. The molecular formula is C17H12F3NO3. The maximum absolute atomic E-state index is 13.7. The lowest BCUT2D eigenvalue weighted by Gasteiger charge is -2.10.